The summed E-state index contributed by atoms with van der Waals surface area (Å²) in [6, 6.07) is 12.5. The smallest absolute Gasteiger partial charge is 0.283 e. The van der Waals surface area contributed by atoms with E-state index in [-0.39, 0.29) is 5.43 Å². The number of fused-ring (bicyclic) bond motifs is 1. The second-order valence-corrected chi connectivity index (χ2v) is 5.59. The molecule has 0 atom stereocenters. The minimum atomic E-state index is -0.0150. The molecule has 0 unspecified atom stereocenters. The Morgan fingerprint density at radius 1 is 1.09 bits per heavy atom. The molecule has 112 valence electrons. The van der Waals surface area contributed by atoms with Crippen LogP contribution in [0.5, 0.6) is 0 Å². The third-order valence-corrected chi connectivity index (χ3v) is 3.83. The van der Waals surface area contributed by atoms with Crippen molar-refractivity contribution in [3.05, 3.63) is 76.3 Å². The number of hydrogen-bond acceptors (Lipinski definition) is 2. The first kappa shape index (κ1) is 13.7. The van der Waals surface area contributed by atoms with Crippen LogP contribution in [-0.4, -0.2) is 14.5 Å². The standard InChI is InChI=1S/C17H11ClN4O/c18-12-2-3-14-15(9-12)21-17(20-14)11-1-4-16(19-10-11)22-7-5-13(23)6-8-22/h1-10H,(H,20,21)/p+1. The van der Waals surface area contributed by atoms with E-state index in [4.69, 9.17) is 11.6 Å². The third-order valence-electron chi connectivity index (χ3n) is 3.59. The molecular formula is C17H12ClN4O+. The number of halogens is 1. The molecule has 2 N–H and O–H groups in total. The summed E-state index contributed by atoms with van der Waals surface area (Å²) >= 11 is 5.99. The summed E-state index contributed by atoms with van der Waals surface area (Å²) in [5, 5.41) is 0.674. The van der Waals surface area contributed by atoms with Crippen LogP contribution in [0.3, 0.4) is 0 Å². The van der Waals surface area contributed by atoms with E-state index in [1.807, 2.05) is 41.1 Å². The van der Waals surface area contributed by atoms with Gasteiger partial charge in [0.25, 0.3) is 5.82 Å². The summed E-state index contributed by atoms with van der Waals surface area (Å²) in [5.41, 5.74) is 2.69. The first-order chi connectivity index (χ1) is 11.2. The van der Waals surface area contributed by atoms with Gasteiger partial charge >= 0.3 is 0 Å². The zero-order valence-electron chi connectivity index (χ0n) is 12.0. The molecule has 0 aliphatic carbocycles. The van der Waals surface area contributed by atoms with Gasteiger partial charge in [-0.3, -0.25) is 4.79 Å². The van der Waals surface area contributed by atoms with Gasteiger partial charge in [-0.15, -0.1) is 0 Å². The molecule has 1 aromatic carbocycles. The average molecular weight is 324 g/mol. The van der Waals surface area contributed by atoms with Crippen LogP contribution in [0, 0.1) is 0 Å². The molecule has 4 rings (SSSR count). The fraction of sp³-hybridized carbons (Fsp3) is 0. The van der Waals surface area contributed by atoms with Gasteiger partial charge in [0.05, 0.1) is 35.2 Å². The Morgan fingerprint density at radius 2 is 1.91 bits per heavy atom. The quantitative estimate of drug-likeness (QED) is 0.616. The van der Waals surface area contributed by atoms with Crippen LogP contribution in [0.4, 0.5) is 0 Å². The predicted octanol–water partition coefficient (Wildman–Crippen LogP) is 2.85. The zero-order chi connectivity index (χ0) is 15.8. The number of aromatic nitrogens is 4. The molecule has 0 radical (unpaired) electrons. The van der Waals surface area contributed by atoms with Crippen LogP contribution < -0.4 is 10.4 Å². The largest absolute Gasteiger partial charge is 0.338 e. The van der Waals surface area contributed by atoms with Gasteiger partial charge in [-0.1, -0.05) is 11.6 Å². The molecule has 0 aliphatic heterocycles. The number of nitrogens with zero attached hydrogens (tertiary/aromatic N) is 2. The SMILES string of the molecule is O=c1ccn(-c2ccc(-c3nc4ccc(Cl)cc4[nH]3)c[nH+]2)cc1. The van der Waals surface area contributed by atoms with Crippen LogP contribution in [0.15, 0.2) is 65.8 Å². The fourth-order valence-corrected chi connectivity index (χ4v) is 2.59. The van der Waals surface area contributed by atoms with Crippen LogP contribution in [0.25, 0.3) is 28.2 Å². The summed E-state index contributed by atoms with van der Waals surface area (Å²) < 4.78 is 1.84. The van der Waals surface area contributed by atoms with Gasteiger partial charge in [-0.2, -0.15) is 0 Å². The van der Waals surface area contributed by atoms with Crippen LogP contribution in [0.2, 0.25) is 5.02 Å². The lowest BCUT2D eigenvalue weighted by atomic mass is 10.2. The number of aromatic amines is 2. The van der Waals surface area contributed by atoms with Crippen molar-refractivity contribution in [2.75, 3.05) is 0 Å². The van der Waals surface area contributed by atoms with E-state index >= 15 is 0 Å². The van der Waals surface area contributed by atoms with Crippen molar-refractivity contribution in [3.63, 3.8) is 0 Å². The third kappa shape index (κ3) is 2.62. The number of imidazole rings is 1. The van der Waals surface area contributed by atoms with Crippen LogP contribution in [-0.2, 0) is 0 Å². The van der Waals surface area contributed by atoms with Gasteiger partial charge in [0, 0.05) is 23.2 Å². The number of pyridine rings is 2. The molecular weight excluding hydrogens is 312 g/mol. The molecule has 0 aliphatic rings. The molecule has 4 aromatic rings. The Morgan fingerprint density at radius 3 is 2.65 bits per heavy atom. The Labute approximate surface area is 136 Å². The van der Waals surface area contributed by atoms with Crippen LogP contribution in [0.1, 0.15) is 0 Å². The fourth-order valence-electron chi connectivity index (χ4n) is 2.42. The second-order valence-electron chi connectivity index (χ2n) is 5.15. The Hall–Kier alpha value is -2.92. The topological polar surface area (TPSA) is 64.8 Å². The maximum atomic E-state index is 11.2. The first-order valence-electron chi connectivity index (χ1n) is 7.05. The maximum absolute atomic E-state index is 11.2. The Balaban J connectivity index is 1.71. The highest BCUT2D eigenvalue weighted by Crippen LogP contribution is 2.22. The van der Waals surface area contributed by atoms with Gasteiger partial charge in [-0.05, 0) is 24.3 Å². The average Bonchev–Trinajstić information content (AvgIpc) is 2.99. The molecule has 5 nitrogen and oxygen atoms in total. The highest BCUT2D eigenvalue weighted by Gasteiger charge is 2.09. The van der Waals surface area contributed by atoms with Gasteiger partial charge < -0.3 is 4.98 Å². The van der Waals surface area contributed by atoms with E-state index in [1.165, 1.54) is 12.1 Å². The number of hydrogen-bond donors (Lipinski definition) is 1. The van der Waals surface area contributed by atoms with Crippen molar-refractivity contribution in [2.45, 2.75) is 0 Å². The van der Waals surface area contributed by atoms with E-state index < -0.39 is 0 Å². The molecule has 3 aromatic heterocycles. The van der Waals surface area contributed by atoms with E-state index in [2.05, 4.69) is 15.0 Å². The number of nitrogens with one attached hydrogen (secondary N) is 2. The second kappa shape index (κ2) is 5.37. The van der Waals surface area contributed by atoms with Crippen molar-refractivity contribution in [1.29, 1.82) is 0 Å². The highest BCUT2D eigenvalue weighted by atomic mass is 35.5. The van der Waals surface area contributed by atoms with Crippen molar-refractivity contribution < 1.29 is 4.98 Å². The summed E-state index contributed by atoms with van der Waals surface area (Å²) in [7, 11) is 0. The van der Waals surface area contributed by atoms with Gasteiger partial charge in [0.15, 0.2) is 5.43 Å². The van der Waals surface area contributed by atoms with Gasteiger partial charge in [0.1, 0.15) is 5.82 Å². The normalized spacial score (nSPS) is 11.0. The molecule has 0 spiro atoms. The summed E-state index contributed by atoms with van der Waals surface area (Å²) in [6.45, 7) is 0. The van der Waals surface area contributed by atoms with E-state index in [0.29, 0.717) is 5.02 Å². The van der Waals surface area contributed by atoms with Crippen molar-refractivity contribution in [3.8, 4) is 17.2 Å². The zero-order valence-corrected chi connectivity index (χ0v) is 12.7. The maximum Gasteiger partial charge on any atom is 0.283 e. The van der Waals surface area contributed by atoms with E-state index in [1.54, 1.807) is 12.4 Å². The highest BCUT2D eigenvalue weighted by molar-refractivity contribution is 6.31. The first-order valence-corrected chi connectivity index (χ1v) is 7.43. The van der Waals surface area contributed by atoms with Gasteiger partial charge in [-0.25, -0.2) is 14.5 Å². The van der Waals surface area contributed by atoms with Crippen LogP contribution >= 0.6 is 11.6 Å². The lowest BCUT2D eigenvalue weighted by Gasteiger charge is -1.98. The minimum absolute atomic E-state index is 0.0150. The molecule has 0 amide bonds. The number of rotatable bonds is 2. The monoisotopic (exact) mass is 323 g/mol. The lowest BCUT2D eigenvalue weighted by Crippen LogP contribution is -2.14. The van der Waals surface area contributed by atoms with Gasteiger partial charge in [0.2, 0.25) is 0 Å². The van der Waals surface area contributed by atoms with Crippen molar-refractivity contribution in [2.24, 2.45) is 0 Å². The van der Waals surface area contributed by atoms with Crippen molar-refractivity contribution >= 4 is 22.6 Å². The Bertz CT molecular complexity index is 1030. The molecule has 23 heavy (non-hydrogen) atoms. The lowest BCUT2D eigenvalue weighted by molar-refractivity contribution is -0.372. The molecule has 3 heterocycles. The molecule has 0 saturated carbocycles. The van der Waals surface area contributed by atoms with Crippen molar-refractivity contribution in [1.82, 2.24) is 14.5 Å². The summed E-state index contributed by atoms with van der Waals surface area (Å²) in [6.07, 6.45) is 5.31. The Kier molecular flexibility index (Phi) is 3.20. The van der Waals surface area contributed by atoms with E-state index in [9.17, 15) is 4.79 Å². The molecule has 0 bridgehead atoms. The summed E-state index contributed by atoms with van der Waals surface area (Å²) in [4.78, 5) is 22.2. The minimum Gasteiger partial charge on any atom is -0.338 e. The number of benzene rings is 1. The molecule has 6 heteroatoms. The molecule has 0 fully saturated rings. The predicted molar refractivity (Wildman–Crippen MR) is 88.7 cm³/mol. The number of H-pyrrole nitrogens is 2. The summed E-state index contributed by atoms with van der Waals surface area (Å²) in [5.74, 6) is 1.62. The van der Waals surface area contributed by atoms with E-state index in [0.717, 1.165) is 28.2 Å². The molecule has 0 saturated heterocycles.